The Kier molecular flexibility index (Phi) is 6.85. The van der Waals surface area contributed by atoms with Crippen molar-refractivity contribution in [1.29, 1.82) is 0 Å². The minimum absolute atomic E-state index is 0.131. The molecule has 0 radical (unpaired) electrons. The van der Waals surface area contributed by atoms with Crippen LogP contribution in [0.3, 0.4) is 0 Å². The van der Waals surface area contributed by atoms with Crippen molar-refractivity contribution in [2.45, 2.75) is 34.6 Å². The molecule has 0 saturated carbocycles. The van der Waals surface area contributed by atoms with Crippen molar-refractivity contribution >= 4 is 34.1 Å². The minimum atomic E-state index is 0.131. The standard InChI is InChI=1S/C20H26N2OS2/c1-6-21(7-2)20(24)25-13-19(23)18-12-15(4)22(16(18)5)17-10-8-14(3)9-11-17/h8-12H,6-7,13H2,1-5H3. The van der Waals surface area contributed by atoms with Crippen LogP contribution in [0.15, 0.2) is 30.3 Å². The highest BCUT2D eigenvalue weighted by Gasteiger charge is 2.18. The largest absolute Gasteiger partial charge is 0.358 e. The van der Waals surface area contributed by atoms with Crippen LogP contribution in [0.1, 0.15) is 41.2 Å². The van der Waals surface area contributed by atoms with Crippen LogP contribution in [0.5, 0.6) is 0 Å². The summed E-state index contributed by atoms with van der Waals surface area (Å²) in [7, 11) is 0. The Bertz CT molecular complexity index is 759. The van der Waals surface area contributed by atoms with Gasteiger partial charge in [-0.3, -0.25) is 4.79 Å². The monoisotopic (exact) mass is 374 g/mol. The van der Waals surface area contributed by atoms with Crippen LogP contribution in [-0.4, -0.2) is 38.4 Å². The van der Waals surface area contributed by atoms with Gasteiger partial charge in [0.15, 0.2) is 5.78 Å². The van der Waals surface area contributed by atoms with Gasteiger partial charge in [-0.2, -0.15) is 0 Å². The molecule has 3 nitrogen and oxygen atoms in total. The van der Waals surface area contributed by atoms with Gasteiger partial charge in [0.25, 0.3) is 0 Å². The van der Waals surface area contributed by atoms with Crippen LogP contribution < -0.4 is 0 Å². The second-order valence-corrected chi connectivity index (χ2v) is 7.71. The average molecular weight is 375 g/mol. The summed E-state index contributed by atoms with van der Waals surface area (Å²) in [6, 6.07) is 10.3. The molecule has 134 valence electrons. The van der Waals surface area contributed by atoms with Crippen molar-refractivity contribution < 1.29 is 4.79 Å². The van der Waals surface area contributed by atoms with Crippen LogP contribution >= 0.6 is 24.0 Å². The number of carbonyl (C=O) groups excluding carboxylic acids is 1. The number of Topliss-reactive ketones (excluding diaryl/α,β-unsaturated/α-hetero) is 1. The molecule has 2 aromatic rings. The van der Waals surface area contributed by atoms with Crippen molar-refractivity contribution in [3.05, 3.63) is 52.8 Å². The normalized spacial score (nSPS) is 10.8. The first-order valence-electron chi connectivity index (χ1n) is 8.59. The van der Waals surface area contributed by atoms with Crippen LogP contribution in [0.4, 0.5) is 0 Å². The van der Waals surface area contributed by atoms with E-state index in [0.717, 1.165) is 40.0 Å². The van der Waals surface area contributed by atoms with E-state index in [4.69, 9.17) is 12.2 Å². The summed E-state index contributed by atoms with van der Waals surface area (Å²) in [6.07, 6.45) is 0. The Balaban J connectivity index is 2.18. The summed E-state index contributed by atoms with van der Waals surface area (Å²) in [5.41, 5.74) is 5.16. The Morgan fingerprint density at radius 1 is 1.12 bits per heavy atom. The number of rotatable bonds is 6. The molecule has 1 aromatic heterocycles. The molecule has 0 amide bonds. The van der Waals surface area contributed by atoms with E-state index in [2.05, 4.69) is 54.5 Å². The smallest absolute Gasteiger partial charge is 0.174 e. The van der Waals surface area contributed by atoms with Crippen LogP contribution in [-0.2, 0) is 0 Å². The first kappa shape index (κ1) is 19.7. The van der Waals surface area contributed by atoms with Gasteiger partial charge < -0.3 is 9.47 Å². The lowest BCUT2D eigenvalue weighted by Gasteiger charge is -2.20. The predicted molar refractivity (Wildman–Crippen MR) is 112 cm³/mol. The number of aromatic nitrogens is 1. The summed E-state index contributed by atoms with van der Waals surface area (Å²) in [5, 5.41) is 0. The van der Waals surface area contributed by atoms with E-state index < -0.39 is 0 Å². The average Bonchev–Trinajstić information content (AvgIpc) is 2.89. The quantitative estimate of drug-likeness (QED) is 0.528. The van der Waals surface area contributed by atoms with E-state index in [1.54, 1.807) is 0 Å². The maximum atomic E-state index is 12.7. The van der Waals surface area contributed by atoms with Crippen molar-refractivity contribution in [2.75, 3.05) is 18.8 Å². The fraction of sp³-hybridized carbons (Fsp3) is 0.400. The highest BCUT2D eigenvalue weighted by molar-refractivity contribution is 8.23. The molecule has 5 heteroatoms. The van der Waals surface area contributed by atoms with Gasteiger partial charge >= 0.3 is 0 Å². The highest BCUT2D eigenvalue weighted by Crippen LogP contribution is 2.23. The van der Waals surface area contributed by atoms with Gasteiger partial charge in [0.05, 0.1) is 5.75 Å². The van der Waals surface area contributed by atoms with Crippen LogP contribution in [0, 0.1) is 20.8 Å². The molecule has 0 aliphatic carbocycles. The maximum absolute atomic E-state index is 12.7. The van der Waals surface area contributed by atoms with Crippen molar-refractivity contribution in [2.24, 2.45) is 0 Å². The zero-order chi connectivity index (χ0) is 18.6. The lowest BCUT2D eigenvalue weighted by Crippen LogP contribution is -2.27. The van der Waals surface area contributed by atoms with E-state index >= 15 is 0 Å². The molecule has 0 saturated heterocycles. The summed E-state index contributed by atoms with van der Waals surface area (Å²) >= 11 is 6.88. The van der Waals surface area contributed by atoms with E-state index in [0.29, 0.717) is 5.75 Å². The Hall–Kier alpha value is -1.59. The number of carbonyl (C=O) groups is 1. The molecule has 0 aliphatic rings. The van der Waals surface area contributed by atoms with E-state index in [9.17, 15) is 4.79 Å². The lowest BCUT2D eigenvalue weighted by molar-refractivity contribution is 0.102. The van der Waals surface area contributed by atoms with Gasteiger partial charge in [-0.05, 0) is 52.8 Å². The molecule has 0 unspecified atom stereocenters. The highest BCUT2D eigenvalue weighted by atomic mass is 32.2. The van der Waals surface area contributed by atoms with E-state index in [1.165, 1.54) is 17.3 Å². The topological polar surface area (TPSA) is 25.2 Å². The predicted octanol–water partition coefficient (Wildman–Crippen LogP) is 4.95. The molecule has 0 N–H and O–H groups in total. The second kappa shape index (κ2) is 8.68. The fourth-order valence-corrected chi connectivity index (χ4v) is 4.20. The molecular formula is C20H26N2OS2. The third kappa shape index (κ3) is 4.53. The zero-order valence-corrected chi connectivity index (χ0v) is 17.3. The van der Waals surface area contributed by atoms with Crippen molar-refractivity contribution in [3.63, 3.8) is 0 Å². The molecule has 0 spiro atoms. The number of hydrogen-bond acceptors (Lipinski definition) is 3. The molecule has 0 bridgehead atoms. The number of ketones is 1. The zero-order valence-electron chi connectivity index (χ0n) is 15.6. The van der Waals surface area contributed by atoms with E-state index in [-0.39, 0.29) is 5.78 Å². The molecule has 2 rings (SSSR count). The number of hydrogen-bond donors (Lipinski definition) is 0. The summed E-state index contributed by atoms with van der Waals surface area (Å²) in [6.45, 7) is 12.0. The number of aryl methyl sites for hydroxylation is 2. The fourth-order valence-electron chi connectivity index (χ4n) is 2.91. The minimum Gasteiger partial charge on any atom is -0.358 e. The Labute approximate surface area is 160 Å². The van der Waals surface area contributed by atoms with Gasteiger partial charge in [0.2, 0.25) is 0 Å². The number of thioether (sulfide) groups is 1. The van der Waals surface area contributed by atoms with Gasteiger partial charge in [-0.1, -0.05) is 41.7 Å². The number of nitrogens with zero attached hydrogens (tertiary/aromatic N) is 2. The van der Waals surface area contributed by atoms with Crippen LogP contribution in [0.2, 0.25) is 0 Å². The van der Waals surface area contributed by atoms with Gasteiger partial charge in [-0.15, -0.1) is 0 Å². The SMILES string of the molecule is CCN(CC)C(=S)SCC(=O)c1cc(C)n(-c2ccc(C)cc2)c1C. The molecule has 0 atom stereocenters. The molecule has 25 heavy (non-hydrogen) atoms. The molecular weight excluding hydrogens is 348 g/mol. The van der Waals surface area contributed by atoms with Gasteiger partial charge in [0, 0.05) is 35.7 Å². The number of benzene rings is 1. The van der Waals surface area contributed by atoms with Crippen molar-refractivity contribution in [1.82, 2.24) is 9.47 Å². The molecule has 0 fully saturated rings. The second-order valence-electron chi connectivity index (χ2n) is 6.11. The summed E-state index contributed by atoms with van der Waals surface area (Å²) < 4.78 is 2.94. The van der Waals surface area contributed by atoms with Crippen LogP contribution in [0.25, 0.3) is 5.69 Å². The third-order valence-corrected chi connectivity index (χ3v) is 5.90. The molecule has 1 aromatic carbocycles. The van der Waals surface area contributed by atoms with E-state index in [1.807, 2.05) is 19.9 Å². The Morgan fingerprint density at radius 2 is 1.72 bits per heavy atom. The first-order chi connectivity index (χ1) is 11.9. The maximum Gasteiger partial charge on any atom is 0.174 e. The lowest BCUT2D eigenvalue weighted by atomic mass is 10.2. The first-order valence-corrected chi connectivity index (χ1v) is 9.99. The number of thiocarbonyl (C=S) groups is 1. The summed E-state index contributed by atoms with van der Waals surface area (Å²) in [5.74, 6) is 0.513. The van der Waals surface area contributed by atoms with Gasteiger partial charge in [0.1, 0.15) is 4.32 Å². The molecule has 0 aliphatic heterocycles. The van der Waals surface area contributed by atoms with Gasteiger partial charge in [-0.25, -0.2) is 0 Å². The third-order valence-electron chi connectivity index (χ3n) is 4.37. The summed E-state index contributed by atoms with van der Waals surface area (Å²) in [4.78, 5) is 14.8. The molecule has 1 heterocycles. The van der Waals surface area contributed by atoms with Crippen molar-refractivity contribution in [3.8, 4) is 5.69 Å². The Morgan fingerprint density at radius 3 is 2.28 bits per heavy atom.